The van der Waals surface area contributed by atoms with Crippen LogP contribution in [0.2, 0.25) is 0 Å². The third kappa shape index (κ3) is 4.87. The van der Waals surface area contributed by atoms with Gasteiger partial charge in [-0.15, -0.1) is 0 Å². The first-order chi connectivity index (χ1) is 14.9. The quantitative estimate of drug-likeness (QED) is 0.664. The summed E-state index contributed by atoms with van der Waals surface area (Å²) in [5, 5.41) is 2.73. The molecule has 0 unspecified atom stereocenters. The Hall–Kier alpha value is -2.94. The van der Waals surface area contributed by atoms with Crippen molar-refractivity contribution in [1.29, 1.82) is 0 Å². The monoisotopic (exact) mass is 428 g/mol. The first-order valence-electron chi connectivity index (χ1n) is 10.8. The lowest BCUT2D eigenvalue weighted by Gasteiger charge is -2.35. The van der Waals surface area contributed by atoms with Crippen LogP contribution >= 0.6 is 0 Å². The van der Waals surface area contributed by atoms with E-state index in [9.17, 15) is 19.2 Å². The highest BCUT2D eigenvalue weighted by Crippen LogP contribution is 2.31. The summed E-state index contributed by atoms with van der Waals surface area (Å²) in [5.41, 5.74) is 6.45. The highest BCUT2D eigenvalue weighted by molar-refractivity contribution is 6.01. The second-order valence-corrected chi connectivity index (χ2v) is 8.52. The lowest BCUT2D eigenvalue weighted by atomic mass is 9.88. The molecule has 3 heterocycles. The van der Waals surface area contributed by atoms with Gasteiger partial charge in [0.1, 0.15) is 5.75 Å². The van der Waals surface area contributed by atoms with E-state index >= 15 is 0 Å². The number of carbonyl (C=O) groups excluding carboxylic acids is 4. The number of carbonyl (C=O) groups is 4. The first kappa shape index (κ1) is 21.3. The van der Waals surface area contributed by atoms with Gasteiger partial charge in [-0.25, -0.2) is 0 Å². The first-order valence-corrected chi connectivity index (χ1v) is 10.8. The molecule has 1 aromatic carbocycles. The molecule has 1 aromatic rings. The zero-order valence-corrected chi connectivity index (χ0v) is 17.5. The SMILES string of the molecule is NC(=O)C1CCN(C(=O)CN2CCC(C(=O)c3ccc4c(c3)NC(=O)CO4)CC2)CC1. The van der Waals surface area contributed by atoms with Gasteiger partial charge in [0, 0.05) is 30.5 Å². The fourth-order valence-corrected chi connectivity index (χ4v) is 4.53. The smallest absolute Gasteiger partial charge is 0.262 e. The third-order valence-electron chi connectivity index (χ3n) is 6.46. The predicted octanol–water partition coefficient (Wildman–Crippen LogP) is 0.636. The summed E-state index contributed by atoms with van der Waals surface area (Å²) in [6.45, 7) is 2.83. The van der Waals surface area contributed by atoms with Crippen molar-refractivity contribution in [3.63, 3.8) is 0 Å². The van der Waals surface area contributed by atoms with Gasteiger partial charge in [-0.1, -0.05) is 0 Å². The number of hydrogen-bond acceptors (Lipinski definition) is 6. The molecular weight excluding hydrogens is 400 g/mol. The molecule has 3 aliphatic rings. The Balaban J connectivity index is 1.26. The van der Waals surface area contributed by atoms with Crippen LogP contribution in [0.1, 0.15) is 36.0 Å². The lowest BCUT2D eigenvalue weighted by molar-refractivity contribution is -0.136. The zero-order valence-electron chi connectivity index (χ0n) is 17.5. The van der Waals surface area contributed by atoms with Crippen LogP contribution in [0.25, 0.3) is 0 Å². The number of nitrogens with two attached hydrogens (primary N) is 1. The molecule has 0 spiro atoms. The highest BCUT2D eigenvalue weighted by atomic mass is 16.5. The van der Waals surface area contributed by atoms with Gasteiger partial charge in [-0.05, 0) is 57.0 Å². The number of ketones is 1. The Morgan fingerprint density at radius 3 is 2.39 bits per heavy atom. The maximum atomic E-state index is 12.9. The molecular formula is C22H28N4O5. The number of nitrogens with one attached hydrogen (secondary N) is 1. The molecule has 31 heavy (non-hydrogen) atoms. The fourth-order valence-electron chi connectivity index (χ4n) is 4.53. The van der Waals surface area contributed by atoms with Crippen molar-refractivity contribution in [2.75, 3.05) is 44.6 Å². The van der Waals surface area contributed by atoms with E-state index in [4.69, 9.17) is 10.5 Å². The number of fused-ring (bicyclic) bond motifs is 1. The number of Topliss-reactive ketones (excluding diaryl/α,β-unsaturated/α-hetero) is 1. The number of anilines is 1. The van der Waals surface area contributed by atoms with E-state index in [1.54, 1.807) is 23.1 Å². The number of rotatable bonds is 5. The van der Waals surface area contributed by atoms with Crippen LogP contribution in [-0.2, 0) is 14.4 Å². The third-order valence-corrected chi connectivity index (χ3v) is 6.46. The number of ether oxygens (including phenoxy) is 1. The van der Waals surface area contributed by atoms with Gasteiger partial charge in [0.05, 0.1) is 12.2 Å². The van der Waals surface area contributed by atoms with Crippen molar-refractivity contribution in [1.82, 2.24) is 9.80 Å². The van der Waals surface area contributed by atoms with Crippen molar-refractivity contribution in [2.45, 2.75) is 25.7 Å². The molecule has 9 nitrogen and oxygen atoms in total. The second-order valence-electron chi connectivity index (χ2n) is 8.52. The molecule has 9 heteroatoms. The number of primary amides is 1. The lowest BCUT2D eigenvalue weighted by Crippen LogP contribution is -2.47. The summed E-state index contributed by atoms with van der Waals surface area (Å²) in [7, 11) is 0. The molecule has 4 rings (SSSR count). The van der Waals surface area contributed by atoms with Gasteiger partial charge < -0.3 is 20.7 Å². The molecule has 3 aliphatic heterocycles. The molecule has 3 N–H and O–H groups in total. The van der Waals surface area contributed by atoms with Crippen LogP contribution in [-0.4, -0.2) is 72.6 Å². The van der Waals surface area contributed by atoms with E-state index in [1.807, 2.05) is 0 Å². The van der Waals surface area contributed by atoms with E-state index < -0.39 is 0 Å². The minimum Gasteiger partial charge on any atom is -0.482 e. The number of likely N-dealkylation sites (tertiary alicyclic amines) is 2. The molecule has 0 bridgehead atoms. The number of nitrogens with zero attached hydrogens (tertiary/aromatic N) is 2. The van der Waals surface area contributed by atoms with Crippen LogP contribution in [0.4, 0.5) is 5.69 Å². The van der Waals surface area contributed by atoms with Crippen molar-refractivity contribution in [3.8, 4) is 5.75 Å². The zero-order chi connectivity index (χ0) is 22.0. The van der Waals surface area contributed by atoms with Gasteiger partial charge in [0.25, 0.3) is 5.91 Å². The van der Waals surface area contributed by atoms with Crippen molar-refractivity contribution >= 4 is 29.2 Å². The van der Waals surface area contributed by atoms with Gasteiger partial charge in [0.15, 0.2) is 12.4 Å². The summed E-state index contributed by atoms with van der Waals surface area (Å²) in [5.74, 6) is -0.0450. The van der Waals surface area contributed by atoms with Gasteiger partial charge in [-0.2, -0.15) is 0 Å². The van der Waals surface area contributed by atoms with Gasteiger partial charge in [-0.3, -0.25) is 24.1 Å². The Bertz CT molecular complexity index is 886. The fraction of sp³-hybridized carbons (Fsp3) is 0.545. The standard InChI is InChI=1S/C22H28N4O5/c23-22(30)15-5-9-26(10-6-15)20(28)12-25-7-3-14(4-8-25)21(29)16-1-2-18-17(11-16)24-19(27)13-31-18/h1-2,11,14-15H,3-10,12-13H2,(H2,23,30)(H,24,27). The number of benzene rings is 1. The molecule has 3 amide bonds. The van der Waals surface area contributed by atoms with E-state index in [2.05, 4.69) is 10.2 Å². The maximum Gasteiger partial charge on any atom is 0.262 e. The number of piperidine rings is 2. The van der Waals surface area contributed by atoms with Crippen LogP contribution in [0.5, 0.6) is 5.75 Å². The minimum atomic E-state index is -0.285. The second kappa shape index (κ2) is 9.05. The van der Waals surface area contributed by atoms with E-state index in [0.717, 1.165) is 0 Å². The molecule has 2 saturated heterocycles. The number of hydrogen-bond donors (Lipinski definition) is 2. The van der Waals surface area contributed by atoms with Crippen molar-refractivity contribution in [2.24, 2.45) is 17.6 Å². The molecule has 0 aliphatic carbocycles. The Morgan fingerprint density at radius 1 is 1.03 bits per heavy atom. The summed E-state index contributed by atoms with van der Waals surface area (Å²) in [6.07, 6.45) is 2.64. The average molecular weight is 428 g/mol. The van der Waals surface area contributed by atoms with Crippen molar-refractivity contribution < 1.29 is 23.9 Å². The minimum absolute atomic E-state index is 0.0133. The topological polar surface area (TPSA) is 122 Å². The summed E-state index contributed by atoms with van der Waals surface area (Å²) in [6, 6.07) is 5.14. The van der Waals surface area contributed by atoms with Crippen LogP contribution in [0.15, 0.2) is 18.2 Å². The summed E-state index contributed by atoms with van der Waals surface area (Å²) in [4.78, 5) is 52.2. The number of amides is 3. The summed E-state index contributed by atoms with van der Waals surface area (Å²) >= 11 is 0. The Kier molecular flexibility index (Phi) is 6.22. The van der Waals surface area contributed by atoms with E-state index in [-0.39, 0.29) is 41.9 Å². The van der Waals surface area contributed by atoms with Crippen LogP contribution < -0.4 is 15.8 Å². The molecule has 0 saturated carbocycles. The van der Waals surface area contributed by atoms with Crippen molar-refractivity contribution in [3.05, 3.63) is 23.8 Å². The molecule has 2 fully saturated rings. The maximum absolute atomic E-state index is 12.9. The molecule has 0 radical (unpaired) electrons. The largest absolute Gasteiger partial charge is 0.482 e. The average Bonchev–Trinajstić information content (AvgIpc) is 2.78. The van der Waals surface area contributed by atoms with Gasteiger partial charge in [0.2, 0.25) is 11.8 Å². The van der Waals surface area contributed by atoms with Crippen LogP contribution in [0.3, 0.4) is 0 Å². The summed E-state index contributed by atoms with van der Waals surface area (Å²) < 4.78 is 5.35. The van der Waals surface area contributed by atoms with Gasteiger partial charge >= 0.3 is 0 Å². The highest BCUT2D eigenvalue weighted by Gasteiger charge is 2.30. The molecule has 0 aromatic heterocycles. The normalized spacial score (nSPS) is 20.5. The van der Waals surface area contributed by atoms with E-state index in [0.29, 0.717) is 75.4 Å². The van der Waals surface area contributed by atoms with E-state index in [1.165, 1.54) is 0 Å². The predicted molar refractivity (Wildman–Crippen MR) is 113 cm³/mol. The Labute approximate surface area is 180 Å². The Morgan fingerprint density at radius 2 is 1.71 bits per heavy atom. The molecule has 166 valence electrons. The molecule has 0 atom stereocenters. The van der Waals surface area contributed by atoms with Crippen LogP contribution in [0, 0.1) is 11.8 Å².